The van der Waals surface area contributed by atoms with Gasteiger partial charge in [0.05, 0.1) is 12.1 Å². The van der Waals surface area contributed by atoms with Crippen LogP contribution >= 0.6 is 11.3 Å². The van der Waals surface area contributed by atoms with Crippen molar-refractivity contribution in [3.8, 4) is 0 Å². The fourth-order valence-electron chi connectivity index (χ4n) is 3.67. The van der Waals surface area contributed by atoms with Crippen molar-refractivity contribution in [1.29, 1.82) is 0 Å². The quantitative estimate of drug-likeness (QED) is 0.694. The Kier molecular flexibility index (Phi) is 4.76. The van der Waals surface area contributed by atoms with E-state index in [1.54, 1.807) is 11.3 Å². The van der Waals surface area contributed by atoms with E-state index in [1.807, 2.05) is 30.9 Å². The molecular weight excluding hydrogens is 344 g/mol. The van der Waals surface area contributed by atoms with Gasteiger partial charge in [0.15, 0.2) is 5.65 Å². The van der Waals surface area contributed by atoms with Gasteiger partial charge in [-0.25, -0.2) is 9.97 Å². The average Bonchev–Trinajstić information content (AvgIpc) is 3.20. The number of carbonyl (C=O) groups is 1. The molecule has 3 aromatic heterocycles. The maximum Gasteiger partial charge on any atom is 0.256 e. The number of carbonyl (C=O) groups excluding carboxylic acids is 1. The molecule has 1 aliphatic heterocycles. The van der Waals surface area contributed by atoms with Gasteiger partial charge in [-0.2, -0.15) is 0 Å². The van der Waals surface area contributed by atoms with Crippen LogP contribution in [0.2, 0.25) is 0 Å². The van der Waals surface area contributed by atoms with Crippen LogP contribution < -0.4 is 0 Å². The summed E-state index contributed by atoms with van der Waals surface area (Å²) in [5.74, 6) is 1.12. The van der Waals surface area contributed by atoms with Crippen molar-refractivity contribution in [2.75, 3.05) is 6.54 Å². The van der Waals surface area contributed by atoms with Crippen molar-refractivity contribution in [3.05, 3.63) is 45.5 Å². The summed E-state index contributed by atoms with van der Waals surface area (Å²) < 4.78 is 2.22. The second-order valence-corrected chi connectivity index (χ2v) is 7.90. The molecule has 0 aliphatic carbocycles. The van der Waals surface area contributed by atoms with E-state index in [4.69, 9.17) is 9.97 Å². The summed E-state index contributed by atoms with van der Waals surface area (Å²) in [6.07, 6.45) is 4.50. The molecule has 136 valence electrons. The number of thiophene rings is 1. The largest absolute Gasteiger partial charge is 0.334 e. The molecule has 6 heteroatoms. The normalized spacial score (nSPS) is 14.2. The smallest absolute Gasteiger partial charge is 0.256 e. The zero-order chi connectivity index (χ0) is 18.1. The molecular formula is C20H24N4OS. The first-order valence-corrected chi connectivity index (χ1v) is 10.2. The van der Waals surface area contributed by atoms with Gasteiger partial charge in [-0.05, 0) is 44.2 Å². The van der Waals surface area contributed by atoms with E-state index in [1.165, 1.54) is 11.3 Å². The van der Waals surface area contributed by atoms with E-state index in [0.29, 0.717) is 18.7 Å². The third kappa shape index (κ3) is 3.14. The number of hydrogen-bond acceptors (Lipinski definition) is 4. The molecule has 5 nitrogen and oxygen atoms in total. The standard InChI is InChI=1S/C20H24N4OS/c1-3-23(13-15-8-7-11-26-15)20(25)16-12-14(2)21-19-18(16)22-17-9-5-4-6-10-24(17)19/h7-8,11-12H,3-6,9-10,13H2,1-2H3. The second-order valence-electron chi connectivity index (χ2n) is 6.87. The highest BCUT2D eigenvalue weighted by Gasteiger charge is 2.23. The molecule has 0 spiro atoms. The molecule has 3 aromatic rings. The maximum atomic E-state index is 13.3. The van der Waals surface area contributed by atoms with Crippen LogP contribution in [-0.2, 0) is 19.5 Å². The fraction of sp³-hybridized carbons (Fsp3) is 0.450. The predicted octanol–water partition coefficient (Wildman–Crippen LogP) is 4.19. The van der Waals surface area contributed by atoms with Crippen molar-refractivity contribution in [2.45, 2.75) is 52.6 Å². The van der Waals surface area contributed by atoms with Gasteiger partial charge in [0.1, 0.15) is 11.3 Å². The van der Waals surface area contributed by atoms with Gasteiger partial charge in [-0.15, -0.1) is 11.3 Å². The number of pyridine rings is 1. The van der Waals surface area contributed by atoms with E-state index in [2.05, 4.69) is 16.0 Å². The van der Waals surface area contributed by atoms with E-state index in [-0.39, 0.29) is 5.91 Å². The Balaban J connectivity index is 1.76. The number of amides is 1. The van der Waals surface area contributed by atoms with Crippen molar-refractivity contribution in [2.24, 2.45) is 0 Å². The van der Waals surface area contributed by atoms with Gasteiger partial charge in [-0.1, -0.05) is 12.5 Å². The minimum atomic E-state index is 0.0460. The number of rotatable bonds is 4. The van der Waals surface area contributed by atoms with Crippen molar-refractivity contribution in [3.63, 3.8) is 0 Å². The number of aromatic nitrogens is 3. The second kappa shape index (κ2) is 7.19. The lowest BCUT2D eigenvalue weighted by Crippen LogP contribution is -2.30. The van der Waals surface area contributed by atoms with Crippen LogP contribution in [0.4, 0.5) is 0 Å². The molecule has 0 unspecified atom stereocenters. The van der Waals surface area contributed by atoms with E-state index >= 15 is 0 Å². The van der Waals surface area contributed by atoms with Gasteiger partial charge in [0, 0.05) is 30.1 Å². The van der Waals surface area contributed by atoms with Crippen molar-refractivity contribution in [1.82, 2.24) is 19.4 Å². The minimum Gasteiger partial charge on any atom is -0.334 e. The molecule has 1 aliphatic rings. The summed E-state index contributed by atoms with van der Waals surface area (Å²) >= 11 is 1.68. The molecule has 0 aromatic carbocycles. The van der Waals surface area contributed by atoms with Gasteiger partial charge < -0.3 is 9.47 Å². The third-order valence-corrected chi connectivity index (χ3v) is 5.88. The first-order chi connectivity index (χ1) is 12.7. The Morgan fingerprint density at radius 2 is 2.19 bits per heavy atom. The van der Waals surface area contributed by atoms with Crippen LogP contribution in [0, 0.1) is 6.92 Å². The number of aryl methyl sites for hydroxylation is 3. The maximum absolute atomic E-state index is 13.3. The molecule has 1 amide bonds. The van der Waals surface area contributed by atoms with Crippen molar-refractivity contribution >= 4 is 28.4 Å². The molecule has 0 saturated carbocycles. The summed E-state index contributed by atoms with van der Waals surface area (Å²) in [6.45, 7) is 6.25. The minimum absolute atomic E-state index is 0.0460. The topological polar surface area (TPSA) is 51.0 Å². The SMILES string of the molecule is CCN(Cc1cccs1)C(=O)c1cc(C)nc2c1nc1n2CCCCC1. The first-order valence-electron chi connectivity index (χ1n) is 9.35. The van der Waals surface area contributed by atoms with Gasteiger partial charge in [0.2, 0.25) is 0 Å². The number of nitrogens with zero attached hydrogens (tertiary/aromatic N) is 4. The summed E-state index contributed by atoms with van der Waals surface area (Å²) in [4.78, 5) is 26.0. The van der Waals surface area contributed by atoms with Crippen LogP contribution in [0.3, 0.4) is 0 Å². The highest BCUT2D eigenvalue weighted by molar-refractivity contribution is 7.09. The molecule has 0 radical (unpaired) electrons. The third-order valence-electron chi connectivity index (χ3n) is 5.02. The summed E-state index contributed by atoms with van der Waals surface area (Å²) in [5.41, 5.74) is 3.20. The Morgan fingerprint density at radius 1 is 1.31 bits per heavy atom. The van der Waals surface area contributed by atoms with E-state index in [0.717, 1.165) is 48.5 Å². The molecule has 0 fully saturated rings. The van der Waals surface area contributed by atoms with Crippen LogP contribution in [-0.4, -0.2) is 31.9 Å². The number of fused-ring (bicyclic) bond motifs is 3. The van der Waals surface area contributed by atoms with Gasteiger partial charge in [-0.3, -0.25) is 4.79 Å². The molecule has 0 saturated heterocycles. The van der Waals surface area contributed by atoms with E-state index < -0.39 is 0 Å². The summed E-state index contributed by atoms with van der Waals surface area (Å²) in [5, 5.41) is 2.05. The Hall–Kier alpha value is -2.21. The lowest BCUT2D eigenvalue weighted by atomic mass is 10.1. The van der Waals surface area contributed by atoms with Crippen molar-refractivity contribution < 1.29 is 4.79 Å². The number of hydrogen-bond donors (Lipinski definition) is 0. The van der Waals surface area contributed by atoms with Gasteiger partial charge >= 0.3 is 0 Å². The Morgan fingerprint density at radius 3 is 2.96 bits per heavy atom. The molecule has 0 N–H and O–H groups in total. The van der Waals surface area contributed by atoms with Crippen LogP contribution in [0.5, 0.6) is 0 Å². The first kappa shape index (κ1) is 17.2. The van der Waals surface area contributed by atoms with Crippen LogP contribution in [0.15, 0.2) is 23.6 Å². The Bertz CT molecular complexity index is 929. The molecule has 0 atom stereocenters. The van der Waals surface area contributed by atoms with Gasteiger partial charge in [0.25, 0.3) is 5.91 Å². The molecule has 4 rings (SSSR count). The zero-order valence-corrected chi connectivity index (χ0v) is 16.2. The lowest BCUT2D eigenvalue weighted by molar-refractivity contribution is 0.0756. The monoisotopic (exact) mass is 368 g/mol. The molecule has 0 bridgehead atoms. The zero-order valence-electron chi connectivity index (χ0n) is 15.4. The lowest BCUT2D eigenvalue weighted by Gasteiger charge is -2.20. The average molecular weight is 369 g/mol. The Labute approximate surface area is 157 Å². The molecule has 4 heterocycles. The highest BCUT2D eigenvalue weighted by Crippen LogP contribution is 2.25. The fourth-order valence-corrected chi connectivity index (χ4v) is 4.39. The van der Waals surface area contributed by atoms with Crippen LogP contribution in [0.25, 0.3) is 11.2 Å². The number of imidazole rings is 1. The predicted molar refractivity (Wildman–Crippen MR) is 105 cm³/mol. The molecule has 26 heavy (non-hydrogen) atoms. The summed E-state index contributed by atoms with van der Waals surface area (Å²) in [6, 6.07) is 6.00. The summed E-state index contributed by atoms with van der Waals surface area (Å²) in [7, 11) is 0. The van der Waals surface area contributed by atoms with E-state index in [9.17, 15) is 4.79 Å². The van der Waals surface area contributed by atoms with Crippen LogP contribution in [0.1, 0.15) is 52.9 Å². The highest BCUT2D eigenvalue weighted by atomic mass is 32.1.